The molecule has 0 unspecified atom stereocenters. The fourth-order valence-electron chi connectivity index (χ4n) is 2.03. The van der Waals surface area contributed by atoms with Crippen molar-refractivity contribution in [1.29, 1.82) is 0 Å². The van der Waals surface area contributed by atoms with Crippen molar-refractivity contribution in [3.63, 3.8) is 0 Å². The van der Waals surface area contributed by atoms with Gasteiger partial charge in [-0.15, -0.1) is 0 Å². The predicted molar refractivity (Wildman–Crippen MR) is 69.8 cm³/mol. The molecular formula is C14H18N2O. The highest BCUT2D eigenvalue weighted by atomic mass is 16.1. The van der Waals surface area contributed by atoms with E-state index in [-0.39, 0.29) is 5.56 Å². The minimum atomic E-state index is 0.0399. The van der Waals surface area contributed by atoms with Crippen LogP contribution in [0.25, 0.3) is 5.65 Å². The molecule has 2 rings (SSSR count). The average Bonchev–Trinajstić information content (AvgIpc) is 2.26. The molecule has 2 aromatic rings. The molecule has 0 aliphatic rings. The lowest BCUT2D eigenvalue weighted by molar-refractivity contribution is 0.844. The molecule has 0 saturated carbocycles. The zero-order valence-electron chi connectivity index (χ0n) is 11.0. The topological polar surface area (TPSA) is 34.4 Å². The molecule has 0 aliphatic heterocycles. The van der Waals surface area contributed by atoms with Crippen molar-refractivity contribution in [2.75, 3.05) is 0 Å². The van der Waals surface area contributed by atoms with Gasteiger partial charge in [0.2, 0.25) is 0 Å². The third kappa shape index (κ3) is 1.86. The molecule has 0 aromatic carbocycles. The third-order valence-electron chi connectivity index (χ3n) is 3.18. The summed E-state index contributed by atoms with van der Waals surface area (Å²) in [5, 5.41) is 0. The van der Waals surface area contributed by atoms with Crippen LogP contribution in [-0.4, -0.2) is 9.38 Å². The summed E-state index contributed by atoms with van der Waals surface area (Å²) in [7, 11) is 0. The van der Waals surface area contributed by atoms with Crippen LogP contribution in [0.3, 0.4) is 0 Å². The van der Waals surface area contributed by atoms with Gasteiger partial charge in [-0.1, -0.05) is 19.9 Å². The molecule has 0 amide bonds. The van der Waals surface area contributed by atoms with Gasteiger partial charge < -0.3 is 0 Å². The van der Waals surface area contributed by atoms with E-state index < -0.39 is 0 Å². The molecule has 0 fully saturated rings. The maximum absolute atomic E-state index is 12.2. The molecule has 0 aliphatic carbocycles. The second-order valence-corrected chi connectivity index (χ2v) is 4.95. The fourth-order valence-corrected chi connectivity index (χ4v) is 2.03. The number of pyridine rings is 1. The number of hydrogen-bond acceptors (Lipinski definition) is 2. The van der Waals surface area contributed by atoms with Gasteiger partial charge in [-0.2, -0.15) is 0 Å². The first-order chi connectivity index (χ1) is 7.91. The highest BCUT2D eigenvalue weighted by Crippen LogP contribution is 2.20. The second-order valence-electron chi connectivity index (χ2n) is 4.95. The Bertz CT molecular complexity index is 639. The summed E-state index contributed by atoms with van der Waals surface area (Å²) in [5.41, 5.74) is 4.60. The number of rotatable bonds is 1. The SMILES string of the molecule is Cc1cc(C(C)C)c2nc(C)c(C)c(=O)n2c1. The number of fused-ring (bicyclic) bond motifs is 1. The quantitative estimate of drug-likeness (QED) is 0.755. The van der Waals surface area contributed by atoms with Crippen molar-refractivity contribution < 1.29 is 0 Å². The highest BCUT2D eigenvalue weighted by Gasteiger charge is 2.11. The number of hydrogen-bond donors (Lipinski definition) is 0. The fraction of sp³-hybridized carbons (Fsp3) is 0.429. The average molecular weight is 230 g/mol. The lowest BCUT2D eigenvalue weighted by Gasteiger charge is -2.13. The summed E-state index contributed by atoms with van der Waals surface area (Å²) in [6, 6.07) is 2.11. The summed E-state index contributed by atoms with van der Waals surface area (Å²) in [6.45, 7) is 9.97. The molecule has 0 bridgehead atoms. The van der Waals surface area contributed by atoms with Crippen LogP contribution in [0.5, 0.6) is 0 Å². The minimum absolute atomic E-state index is 0.0399. The monoisotopic (exact) mass is 230 g/mol. The summed E-state index contributed by atoms with van der Waals surface area (Å²) < 4.78 is 1.67. The van der Waals surface area contributed by atoms with Gasteiger partial charge in [0.15, 0.2) is 0 Å². The first kappa shape index (κ1) is 11.8. The predicted octanol–water partition coefficient (Wildman–Crippen LogP) is 2.74. The molecule has 0 saturated heterocycles. The molecular weight excluding hydrogens is 212 g/mol. The van der Waals surface area contributed by atoms with Crippen LogP contribution in [0.15, 0.2) is 17.1 Å². The van der Waals surface area contributed by atoms with Crippen molar-refractivity contribution in [2.24, 2.45) is 0 Å². The Morgan fingerprint density at radius 3 is 2.47 bits per heavy atom. The van der Waals surface area contributed by atoms with Gasteiger partial charge in [0, 0.05) is 17.5 Å². The van der Waals surface area contributed by atoms with Crippen LogP contribution in [-0.2, 0) is 0 Å². The lowest BCUT2D eigenvalue weighted by Crippen LogP contribution is -2.20. The molecule has 3 nitrogen and oxygen atoms in total. The van der Waals surface area contributed by atoms with E-state index in [2.05, 4.69) is 24.9 Å². The van der Waals surface area contributed by atoms with Crippen LogP contribution in [0.1, 0.15) is 42.1 Å². The van der Waals surface area contributed by atoms with Crippen molar-refractivity contribution >= 4 is 5.65 Å². The maximum atomic E-state index is 12.2. The largest absolute Gasteiger partial charge is 0.269 e. The smallest absolute Gasteiger partial charge is 0.261 e. The number of aromatic nitrogens is 2. The van der Waals surface area contributed by atoms with E-state index in [0.29, 0.717) is 5.92 Å². The Morgan fingerprint density at radius 1 is 1.24 bits per heavy atom. The van der Waals surface area contributed by atoms with E-state index in [4.69, 9.17) is 0 Å². The van der Waals surface area contributed by atoms with E-state index in [9.17, 15) is 4.79 Å². The second kappa shape index (κ2) is 3.99. The van der Waals surface area contributed by atoms with Gasteiger partial charge in [0.05, 0.1) is 0 Å². The summed E-state index contributed by atoms with van der Waals surface area (Å²) in [6.07, 6.45) is 1.86. The minimum Gasteiger partial charge on any atom is -0.269 e. The van der Waals surface area contributed by atoms with Crippen LogP contribution in [0.2, 0.25) is 0 Å². The Balaban J connectivity index is 3.00. The van der Waals surface area contributed by atoms with Crippen LogP contribution < -0.4 is 5.56 Å². The molecule has 2 aromatic heterocycles. The van der Waals surface area contributed by atoms with E-state index >= 15 is 0 Å². The van der Waals surface area contributed by atoms with E-state index in [1.54, 1.807) is 4.40 Å². The molecule has 0 spiro atoms. The third-order valence-corrected chi connectivity index (χ3v) is 3.18. The summed E-state index contributed by atoms with van der Waals surface area (Å²) >= 11 is 0. The first-order valence-electron chi connectivity index (χ1n) is 5.92. The van der Waals surface area contributed by atoms with Crippen molar-refractivity contribution in [3.05, 3.63) is 45.0 Å². The summed E-state index contributed by atoms with van der Waals surface area (Å²) in [5.74, 6) is 0.360. The maximum Gasteiger partial charge on any atom is 0.261 e. The zero-order valence-corrected chi connectivity index (χ0v) is 11.0. The van der Waals surface area contributed by atoms with Crippen LogP contribution in [0.4, 0.5) is 0 Å². The first-order valence-corrected chi connectivity index (χ1v) is 5.92. The standard InChI is InChI=1S/C14H18N2O/c1-8(2)12-6-9(3)7-16-13(12)15-11(5)10(4)14(16)17/h6-8H,1-5H3. The number of nitrogens with zero attached hydrogens (tertiary/aromatic N) is 2. The summed E-state index contributed by atoms with van der Waals surface area (Å²) in [4.78, 5) is 16.8. The zero-order chi connectivity index (χ0) is 12.7. The van der Waals surface area contributed by atoms with E-state index in [0.717, 1.165) is 28.0 Å². The van der Waals surface area contributed by atoms with Crippen molar-refractivity contribution in [1.82, 2.24) is 9.38 Å². The highest BCUT2D eigenvalue weighted by molar-refractivity contribution is 5.51. The van der Waals surface area contributed by atoms with E-state index in [1.807, 2.05) is 27.0 Å². The number of aryl methyl sites for hydroxylation is 2. The molecule has 0 radical (unpaired) electrons. The Labute approximate surface area is 101 Å². The van der Waals surface area contributed by atoms with E-state index in [1.165, 1.54) is 0 Å². The van der Waals surface area contributed by atoms with Gasteiger partial charge in [0.1, 0.15) is 5.65 Å². The Kier molecular flexibility index (Phi) is 2.77. The molecule has 0 N–H and O–H groups in total. The van der Waals surface area contributed by atoms with Gasteiger partial charge in [-0.05, 0) is 37.8 Å². The normalized spacial score (nSPS) is 11.4. The molecule has 17 heavy (non-hydrogen) atoms. The van der Waals surface area contributed by atoms with Gasteiger partial charge in [0.25, 0.3) is 5.56 Å². The van der Waals surface area contributed by atoms with Crippen molar-refractivity contribution in [3.8, 4) is 0 Å². The van der Waals surface area contributed by atoms with Gasteiger partial charge in [-0.25, -0.2) is 4.98 Å². The lowest BCUT2D eigenvalue weighted by atomic mass is 10.0. The van der Waals surface area contributed by atoms with Crippen molar-refractivity contribution in [2.45, 2.75) is 40.5 Å². The molecule has 2 heterocycles. The Hall–Kier alpha value is -1.64. The van der Waals surface area contributed by atoms with Gasteiger partial charge >= 0.3 is 0 Å². The molecule has 0 atom stereocenters. The molecule has 3 heteroatoms. The van der Waals surface area contributed by atoms with Crippen LogP contribution >= 0.6 is 0 Å². The van der Waals surface area contributed by atoms with Gasteiger partial charge in [-0.3, -0.25) is 9.20 Å². The van der Waals surface area contributed by atoms with Crippen LogP contribution in [0, 0.1) is 20.8 Å². The molecule has 90 valence electrons. The Morgan fingerprint density at radius 2 is 1.88 bits per heavy atom.